The highest BCUT2D eigenvalue weighted by atomic mass is 16.5. The zero-order valence-electron chi connectivity index (χ0n) is 33.0. The van der Waals surface area contributed by atoms with Crippen LogP contribution in [-0.4, -0.2) is 14.5 Å². The Morgan fingerprint density at radius 2 is 0.918 bits per heavy atom. The van der Waals surface area contributed by atoms with E-state index in [1.807, 2.05) is 12.1 Å². The number of fused-ring (bicyclic) bond motifs is 13. The molecule has 4 heteroatoms. The Kier molecular flexibility index (Phi) is 7.19. The maximum Gasteiger partial charge on any atom is 0.161 e. The second-order valence-corrected chi connectivity index (χ2v) is 16.0. The van der Waals surface area contributed by atoms with Crippen LogP contribution >= 0.6 is 0 Å². The lowest BCUT2D eigenvalue weighted by Crippen LogP contribution is -2.32. The number of ether oxygens (including phenoxy) is 1. The van der Waals surface area contributed by atoms with Crippen LogP contribution in [0.4, 0.5) is 0 Å². The third-order valence-electron chi connectivity index (χ3n) is 12.9. The topological polar surface area (TPSA) is 39.9 Å². The van der Waals surface area contributed by atoms with Gasteiger partial charge in [-0.05, 0) is 70.1 Å². The Balaban J connectivity index is 1.08. The van der Waals surface area contributed by atoms with E-state index in [9.17, 15) is 0 Å². The molecule has 0 radical (unpaired) electrons. The number of hydrogen-bond acceptors (Lipinski definition) is 3. The summed E-state index contributed by atoms with van der Waals surface area (Å²) >= 11 is 0. The van der Waals surface area contributed by atoms with Gasteiger partial charge < -0.3 is 9.30 Å². The van der Waals surface area contributed by atoms with Crippen LogP contribution in [-0.2, 0) is 5.41 Å². The third kappa shape index (κ3) is 4.82. The van der Waals surface area contributed by atoms with E-state index in [0.717, 1.165) is 83.6 Å². The molecular weight excluding hydrogens is 743 g/mol. The molecule has 3 heterocycles. The van der Waals surface area contributed by atoms with Gasteiger partial charge in [-0.25, -0.2) is 9.97 Å². The normalized spacial score (nSPS) is 13.2. The summed E-state index contributed by atoms with van der Waals surface area (Å²) in [5.41, 5.74) is 15.0. The molecule has 0 N–H and O–H groups in total. The Labute approximate surface area is 352 Å². The van der Waals surface area contributed by atoms with Crippen molar-refractivity contribution in [2.24, 2.45) is 0 Å². The molecule has 0 bridgehead atoms. The summed E-state index contributed by atoms with van der Waals surface area (Å²) in [6.45, 7) is 0. The quantitative estimate of drug-likeness (QED) is 0.179. The van der Waals surface area contributed by atoms with Crippen LogP contribution < -0.4 is 4.74 Å². The van der Waals surface area contributed by atoms with Gasteiger partial charge in [0.1, 0.15) is 11.5 Å². The maximum atomic E-state index is 6.96. The van der Waals surface area contributed by atoms with E-state index in [2.05, 4.69) is 205 Å². The average Bonchev–Trinajstić information content (AvgIpc) is 3.81. The van der Waals surface area contributed by atoms with Gasteiger partial charge in [-0.2, -0.15) is 0 Å². The zero-order chi connectivity index (χ0) is 40.1. The van der Waals surface area contributed by atoms with Gasteiger partial charge in [0.25, 0.3) is 0 Å². The van der Waals surface area contributed by atoms with Gasteiger partial charge in [0.2, 0.25) is 0 Å². The minimum atomic E-state index is -0.573. The molecule has 0 atom stereocenters. The number of para-hydroxylation sites is 2. The van der Waals surface area contributed by atoms with Crippen LogP contribution in [0.3, 0.4) is 0 Å². The fourth-order valence-corrected chi connectivity index (χ4v) is 10.3. The summed E-state index contributed by atoms with van der Waals surface area (Å²) in [7, 11) is 0. The molecule has 2 aromatic heterocycles. The molecule has 2 aliphatic rings. The number of hydrogen-bond donors (Lipinski definition) is 0. The van der Waals surface area contributed by atoms with Crippen LogP contribution in [0.25, 0.3) is 83.3 Å². The molecular formula is C57H35N3O. The third-order valence-corrected chi connectivity index (χ3v) is 12.9. The monoisotopic (exact) mass is 777 g/mol. The first kappa shape index (κ1) is 33.8. The van der Waals surface area contributed by atoms with Crippen molar-refractivity contribution >= 4 is 32.6 Å². The first-order chi connectivity index (χ1) is 30.3. The highest BCUT2D eigenvalue weighted by Crippen LogP contribution is 2.62. The van der Waals surface area contributed by atoms with Crippen LogP contribution in [0.1, 0.15) is 22.3 Å². The largest absolute Gasteiger partial charge is 0.457 e. The summed E-state index contributed by atoms with van der Waals surface area (Å²) in [6, 6.07) is 75.9. The Morgan fingerprint density at radius 1 is 0.361 bits per heavy atom. The van der Waals surface area contributed by atoms with E-state index in [1.165, 1.54) is 27.6 Å². The van der Waals surface area contributed by atoms with Gasteiger partial charge in [0.05, 0.1) is 33.5 Å². The maximum absolute atomic E-state index is 6.96. The SMILES string of the molecule is c1ccc(-c2cc(-c3ccccc3)nc(-c3ccc(-n4c5ccccc5c5cc6c(cc54)C4(c5ccccc5O6)c5ccccc5-c5ccccc54)c4ccccc34)n2)cc1. The van der Waals surface area contributed by atoms with Gasteiger partial charge in [-0.15, -0.1) is 0 Å². The highest BCUT2D eigenvalue weighted by molar-refractivity contribution is 6.12. The first-order valence-electron chi connectivity index (χ1n) is 20.8. The molecule has 0 saturated carbocycles. The van der Waals surface area contributed by atoms with Crippen molar-refractivity contribution in [3.05, 3.63) is 235 Å². The molecule has 0 unspecified atom stereocenters. The Morgan fingerprint density at radius 3 is 1.61 bits per heavy atom. The van der Waals surface area contributed by atoms with E-state index in [0.29, 0.717) is 5.82 Å². The molecule has 0 fully saturated rings. The van der Waals surface area contributed by atoms with Crippen LogP contribution in [0.5, 0.6) is 11.5 Å². The molecule has 61 heavy (non-hydrogen) atoms. The Hall–Kier alpha value is -8.08. The van der Waals surface area contributed by atoms with Crippen molar-refractivity contribution in [2.45, 2.75) is 5.41 Å². The molecule has 0 saturated heterocycles. The first-order valence-corrected chi connectivity index (χ1v) is 20.8. The van der Waals surface area contributed by atoms with Gasteiger partial charge in [0, 0.05) is 44.0 Å². The van der Waals surface area contributed by atoms with Crippen LogP contribution in [0.2, 0.25) is 0 Å². The van der Waals surface area contributed by atoms with Crippen molar-refractivity contribution < 1.29 is 4.74 Å². The van der Waals surface area contributed by atoms with Crippen LogP contribution in [0.15, 0.2) is 212 Å². The highest BCUT2D eigenvalue weighted by Gasteiger charge is 2.51. The van der Waals surface area contributed by atoms with Gasteiger partial charge in [0.15, 0.2) is 5.82 Å². The van der Waals surface area contributed by atoms with Crippen molar-refractivity contribution in [1.29, 1.82) is 0 Å². The molecule has 1 spiro atoms. The van der Waals surface area contributed by atoms with E-state index in [1.54, 1.807) is 0 Å². The lowest BCUT2D eigenvalue weighted by atomic mass is 9.66. The summed E-state index contributed by atoms with van der Waals surface area (Å²) in [5, 5.41) is 4.51. The molecule has 4 nitrogen and oxygen atoms in total. The predicted octanol–water partition coefficient (Wildman–Crippen LogP) is 14.2. The average molecular weight is 778 g/mol. The van der Waals surface area contributed by atoms with Gasteiger partial charge in [-0.1, -0.05) is 170 Å². The molecule has 11 aromatic rings. The van der Waals surface area contributed by atoms with E-state index >= 15 is 0 Å². The molecule has 1 aliphatic heterocycles. The summed E-state index contributed by atoms with van der Waals surface area (Å²) in [4.78, 5) is 10.5. The second kappa shape index (κ2) is 13.0. The summed E-state index contributed by atoms with van der Waals surface area (Å²) < 4.78 is 9.41. The number of benzene rings is 9. The smallest absolute Gasteiger partial charge is 0.161 e. The van der Waals surface area contributed by atoms with E-state index in [-0.39, 0.29) is 0 Å². The van der Waals surface area contributed by atoms with Gasteiger partial charge in [-0.3, -0.25) is 0 Å². The molecule has 284 valence electrons. The molecule has 0 amide bonds. The predicted molar refractivity (Wildman–Crippen MR) is 248 cm³/mol. The van der Waals surface area contributed by atoms with E-state index < -0.39 is 5.41 Å². The van der Waals surface area contributed by atoms with Crippen molar-refractivity contribution in [3.63, 3.8) is 0 Å². The zero-order valence-corrected chi connectivity index (χ0v) is 33.0. The van der Waals surface area contributed by atoms with E-state index in [4.69, 9.17) is 14.7 Å². The van der Waals surface area contributed by atoms with Crippen molar-refractivity contribution in [3.8, 4) is 62.2 Å². The number of aromatic nitrogens is 3. The van der Waals surface area contributed by atoms with Gasteiger partial charge >= 0.3 is 0 Å². The summed E-state index contributed by atoms with van der Waals surface area (Å²) in [6.07, 6.45) is 0. The lowest BCUT2D eigenvalue weighted by Gasteiger charge is -2.39. The fourth-order valence-electron chi connectivity index (χ4n) is 10.3. The molecule has 9 aromatic carbocycles. The number of nitrogens with zero attached hydrogens (tertiary/aromatic N) is 3. The minimum Gasteiger partial charge on any atom is -0.457 e. The van der Waals surface area contributed by atoms with Crippen LogP contribution in [0, 0.1) is 0 Å². The minimum absolute atomic E-state index is 0.573. The number of rotatable bonds is 4. The van der Waals surface area contributed by atoms with Crippen molar-refractivity contribution in [2.75, 3.05) is 0 Å². The lowest BCUT2D eigenvalue weighted by molar-refractivity contribution is 0.437. The molecule has 13 rings (SSSR count). The Bertz CT molecular complexity index is 3470. The second-order valence-electron chi connectivity index (χ2n) is 16.0. The van der Waals surface area contributed by atoms with Crippen molar-refractivity contribution in [1.82, 2.24) is 14.5 Å². The standard InChI is InChI=1S/C57H35N3O/c1-3-17-36(18-4-1)49-35-50(37-19-5-2-6-20-37)59-56(58-49)43-31-32-52(41-24-8-7-21-38(41)43)60-51-29-15-11-25-42(51)44-33-55-48(34-53(44)60)57(47-28-14-16-30-54(47)61-55)45-26-12-9-22-39(45)40-23-10-13-27-46(40)57/h1-35H. The molecule has 1 aliphatic carbocycles. The summed E-state index contributed by atoms with van der Waals surface area (Å²) in [5.74, 6) is 2.46. The fraction of sp³-hybridized carbons (Fsp3) is 0.0175.